The number of aromatic nitrogens is 3. The molecule has 0 bridgehead atoms. The van der Waals surface area contributed by atoms with Gasteiger partial charge in [-0.25, -0.2) is 4.98 Å². The molecule has 0 radical (unpaired) electrons. The van der Waals surface area contributed by atoms with Crippen molar-refractivity contribution in [2.75, 3.05) is 14.2 Å². The Balaban J connectivity index is 1.51. The molecular formula is C26H27N3O3S2. The molecule has 0 N–H and O–H groups in total. The number of hydrogen-bond acceptors (Lipinski definition) is 7. The molecule has 0 amide bonds. The Kier molecular flexibility index (Phi) is 6.87. The zero-order valence-corrected chi connectivity index (χ0v) is 21.0. The lowest BCUT2D eigenvalue weighted by Gasteiger charge is -2.14. The number of hydrogen-bond donors (Lipinski definition) is 0. The van der Waals surface area contributed by atoms with Crippen LogP contribution < -0.4 is 15.0 Å². The highest BCUT2D eigenvalue weighted by Gasteiger charge is 2.22. The second-order valence-electron chi connectivity index (χ2n) is 8.29. The van der Waals surface area contributed by atoms with Crippen LogP contribution in [-0.4, -0.2) is 28.8 Å². The highest BCUT2D eigenvalue weighted by molar-refractivity contribution is 7.98. The van der Waals surface area contributed by atoms with Gasteiger partial charge in [-0.05, 0) is 67.5 Å². The number of benzene rings is 1. The summed E-state index contributed by atoms with van der Waals surface area (Å²) in [6.07, 6.45) is 6.84. The van der Waals surface area contributed by atoms with E-state index in [0.717, 1.165) is 45.9 Å². The normalized spacial score (nSPS) is 13.1. The number of nitrogens with zero attached hydrogens (tertiary/aromatic N) is 3. The molecule has 8 heteroatoms. The van der Waals surface area contributed by atoms with Crippen molar-refractivity contribution in [2.24, 2.45) is 0 Å². The van der Waals surface area contributed by atoms with E-state index < -0.39 is 0 Å². The average Bonchev–Trinajstić information content (AvgIpc) is 3.26. The molecular weight excluding hydrogens is 466 g/mol. The van der Waals surface area contributed by atoms with Crippen molar-refractivity contribution in [2.45, 2.75) is 49.6 Å². The summed E-state index contributed by atoms with van der Waals surface area (Å²) in [5.74, 6) is 2.06. The van der Waals surface area contributed by atoms with Crippen molar-refractivity contribution in [3.63, 3.8) is 0 Å². The molecule has 1 aromatic carbocycles. The van der Waals surface area contributed by atoms with Gasteiger partial charge in [0.05, 0.1) is 25.3 Å². The maximum atomic E-state index is 13.8. The van der Waals surface area contributed by atoms with E-state index in [1.165, 1.54) is 16.9 Å². The average molecular weight is 494 g/mol. The first-order valence-corrected chi connectivity index (χ1v) is 13.3. The maximum absolute atomic E-state index is 13.8. The smallest absolute Gasteiger partial charge is 0.263 e. The summed E-state index contributed by atoms with van der Waals surface area (Å²) in [7, 11) is 3.26. The third-order valence-corrected chi connectivity index (χ3v) is 8.38. The highest BCUT2D eigenvalue weighted by Crippen LogP contribution is 2.35. The number of rotatable bonds is 8. The fourth-order valence-electron chi connectivity index (χ4n) is 4.43. The number of thiophene rings is 1. The first-order chi connectivity index (χ1) is 16.7. The standard InChI is InChI=1S/C26H27N3O3S2/c1-31-20-11-10-17(15-21(20)32-2)12-14-29-25(30)23-19-8-3-4-9-22(19)34-24(23)28-26(29)33-16-18-7-5-6-13-27-18/h5-7,10-11,13,15H,3-4,8-9,12,14,16H2,1-2H3. The molecule has 3 aromatic heterocycles. The summed E-state index contributed by atoms with van der Waals surface area (Å²) >= 11 is 3.27. The van der Waals surface area contributed by atoms with Gasteiger partial charge in [0.1, 0.15) is 4.83 Å². The molecule has 6 nitrogen and oxygen atoms in total. The Bertz CT molecular complexity index is 1370. The molecule has 0 atom stereocenters. The van der Waals surface area contributed by atoms with Crippen molar-refractivity contribution in [1.29, 1.82) is 0 Å². The van der Waals surface area contributed by atoms with Crippen LogP contribution in [0.3, 0.4) is 0 Å². The van der Waals surface area contributed by atoms with Gasteiger partial charge >= 0.3 is 0 Å². The first-order valence-electron chi connectivity index (χ1n) is 11.5. The van der Waals surface area contributed by atoms with Gasteiger partial charge in [0.25, 0.3) is 5.56 Å². The number of fused-ring (bicyclic) bond motifs is 3. The molecule has 1 aliphatic carbocycles. The van der Waals surface area contributed by atoms with Gasteiger partial charge < -0.3 is 9.47 Å². The summed E-state index contributed by atoms with van der Waals surface area (Å²) in [5, 5.41) is 1.58. The lowest BCUT2D eigenvalue weighted by molar-refractivity contribution is 0.354. The van der Waals surface area contributed by atoms with E-state index in [-0.39, 0.29) is 5.56 Å². The lowest BCUT2D eigenvalue weighted by Crippen LogP contribution is -2.24. The van der Waals surface area contributed by atoms with Gasteiger partial charge in [0.2, 0.25) is 0 Å². The van der Waals surface area contributed by atoms with Crippen LogP contribution in [0.4, 0.5) is 0 Å². The van der Waals surface area contributed by atoms with E-state index in [4.69, 9.17) is 14.5 Å². The summed E-state index contributed by atoms with van der Waals surface area (Å²) in [5.41, 5.74) is 3.36. The van der Waals surface area contributed by atoms with Crippen LogP contribution in [0.1, 0.15) is 34.5 Å². The minimum absolute atomic E-state index is 0.0772. The van der Waals surface area contributed by atoms with Gasteiger partial charge in [-0.15, -0.1) is 11.3 Å². The number of thioether (sulfide) groups is 1. The summed E-state index contributed by atoms with van der Waals surface area (Å²) in [6.45, 7) is 0.548. The highest BCUT2D eigenvalue weighted by atomic mass is 32.2. The third-order valence-electron chi connectivity index (χ3n) is 6.19. The summed E-state index contributed by atoms with van der Waals surface area (Å²) in [6, 6.07) is 11.8. The molecule has 176 valence electrons. The Labute approximate surface area is 207 Å². The van der Waals surface area contributed by atoms with Crippen molar-refractivity contribution in [1.82, 2.24) is 14.5 Å². The molecule has 0 saturated carbocycles. The Morgan fingerprint density at radius 1 is 1.09 bits per heavy atom. The molecule has 4 aromatic rings. The quantitative estimate of drug-likeness (QED) is 0.246. The van der Waals surface area contributed by atoms with E-state index in [0.29, 0.717) is 30.2 Å². The largest absolute Gasteiger partial charge is 0.493 e. The van der Waals surface area contributed by atoms with Crippen molar-refractivity contribution in [3.8, 4) is 11.5 Å². The molecule has 0 unspecified atom stereocenters. The SMILES string of the molecule is COc1ccc(CCn2c(SCc3ccccn3)nc3sc4c(c3c2=O)CCCC4)cc1OC. The molecule has 0 saturated heterocycles. The van der Waals surface area contributed by atoms with Crippen molar-refractivity contribution in [3.05, 3.63) is 74.6 Å². The van der Waals surface area contributed by atoms with Gasteiger partial charge in [-0.3, -0.25) is 14.3 Å². The Hall–Kier alpha value is -2.84. The Morgan fingerprint density at radius 2 is 1.94 bits per heavy atom. The lowest BCUT2D eigenvalue weighted by atomic mass is 9.97. The van der Waals surface area contributed by atoms with Crippen LogP contribution in [0.5, 0.6) is 11.5 Å². The third kappa shape index (κ3) is 4.57. The molecule has 0 spiro atoms. The maximum Gasteiger partial charge on any atom is 0.263 e. The van der Waals surface area contributed by atoms with E-state index in [1.807, 2.05) is 41.0 Å². The van der Waals surface area contributed by atoms with Crippen LogP contribution in [0, 0.1) is 0 Å². The number of methoxy groups -OCH3 is 2. The second-order valence-corrected chi connectivity index (χ2v) is 10.3. The monoisotopic (exact) mass is 493 g/mol. The number of pyridine rings is 1. The fourth-order valence-corrected chi connectivity index (χ4v) is 6.67. The van der Waals surface area contributed by atoms with Gasteiger partial charge in [0.15, 0.2) is 16.7 Å². The predicted molar refractivity (Wildman–Crippen MR) is 138 cm³/mol. The molecule has 0 aliphatic heterocycles. The van der Waals surface area contributed by atoms with Gasteiger partial charge in [-0.2, -0.15) is 0 Å². The van der Waals surface area contributed by atoms with Crippen molar-refractivity contribution < 1.29 is 9.47 Å². The summed E-state index contributed by atoms with van der Waals surface area (Å²) < 4.78 is 12.7. The number of aryl methyl sites for hydroxylation is 3. The van der Waals surface area contributed by atoms with E-state index in [9.17, 15) is 4.79 Å². The second kappa shape index (κ2) is 10.2. The minimum Gasteiger partial charge on any atom is -0.493 e. The molecule has 5 rings (SSSR count). The Morgan fingerprint density at radius 3 is 2.74 bits per heavy atom. The van der Waals surface area contributed by atoms with Crippen LogP contribution in [0.2, 0.25) is 0 Å². The fraction of sp³-hybridized carbons (Fsp3) is 0.346. The van der Waals surface area contributed by atoms with Crippen LogP contribution in [0.25, 0.3) is 10.2 Å². The predicted octanol–water partition coefficient (Wildman–Crippen LogP) is 5.28. The number of ether oxygens (including phenoxy) is 2. The topological polar surface area (TPSA) is 66.2 Å². The van der Waals surface area contributed by atoms with E-state index >= 15 is 0 Å². The van der Waals surface area contributed by atoms with Gasteiger partial charge in [-0.1, -0.05) is 23.9 Å². The van der Waals surface area contributed by atoms with E-state index in [2.05, 4.69) is 4.98 Å². The van der Waals surface area contributed by atoms with Crippen LogP contribution in [0.15, 0.2) is 52.5 Å². The van der Waals surface area contributed by atoms with E-state index in [1.54, 1.807) is 43.5 Å². The van der Waals surface area contributed by atoms with Crippen molar-refractivity contribution >= 4 is 33.3 Å². The first kappa shape index (κ1) is 22.9. The molecule has 1 aliphatic rings. The van der Waals surface area contributed by atoms with Crippen LogP contribution in [-0.2, 0) is 31.6 Å². The molecule has 3 heterocycles. The minimum atomic E-state index is 0.0772. The van der Waals surface area contributed by atoms with Gasteiger partial charge in [0, 0.05) is 23.4 Å². The molecule has 0 fully saturated rings. The zero-order chi connectivity index (χ0) is 23.5. The molecule has 34 heavy (non-hydrogen) atoms. The zero-order valence-electron chi connectivity index (χ0n) is 19.4. The summed E-state index contributed by atoms with van der Waals surface area (Å²) in [4.78, 5) is 25.4. The van der Waals surface area contributed by atoms with Crippen LogP contribution >= 0.6 is 23.1 Å².